The number of rotatable bonds is 7. The van der Waals surface area contributed by atoms with Crippen LogP contribution in [-0.2, 0) is 14.3 Å². The second-order valence-corrected chi connectivity index (χ2v) is 9.63. The van der Waals surface area contributed by atoms with E-state index in [2.05, 4.69) is 10.6 Å². The summed E-state index contributed by atoms with van der Waals surface area (Å²) in [6.45, 7) is 2.40. The van der Waals surface area contributed by atoms with E-state index in [0.29, 0.717) is 30.6 Å². The molecule has 4 fully saturated rings. The Morgan fingerprint density at radius 1 is 1.07 bits per heavy atom. The number of anilines is 1. The SMILES string of the molecule is COC(=O)c1ccc(C)c(NC(=O)CCCNC(=O)C23CC4CC(CC(C4)C2)C3)c1. The molecule has 4 aliphatic carbocycles. The van der Waals surface area contributed by atoms with Crippen molar-refractivity contribution in [3.8, 4) is 0 Å². The van der Waals surface area contributed by atoms with Gasteiger partial charge in [-0.25, -0.2) is 4.79 Å². The molecule has 0 radical (unpaired) electrons. The molecule has 0 unspecified atom stereocenters. The van der Waals surface area contributed by atoms with Gasteiger partial charge in [0.1, 0.15) is 0 Å². The van der Waals surface area contributed by atoms with Gasteiger partial charge < -0.3 is 15.4 Å². The number of hydrogen-bond acceptors (Lipinski definition) is 4. The van der Waals surface area contributed by atoms with E-state index < -0.39 is 5.97 Å². The van der Waals surface area contributed by atoms with Crippen molar-refractivity contribution in [3.63, 3.8) is 0 Å². The first-order valence-electron chi connectivity index (χ1n) is 11.2. The Morgan fingerprint density at radius 2 is 1.70 bits per heavy atom. The molecular formula is C24H32N2O4. The van der Waals surface area contributed by atoms with E-state index in [0.717, 1.165) is 42.6 Å². The van der Waals surface area contributed by atoms with Crippen LogP contribution in [0.4, 0.5) is 5.69 Å². The summed E-state index contributed by atoms with van der Waals surface area (Å²) >= 11 is 0. The lowest BCUT2D eigenvalue weighted by atomic mass is 9.49. The summed E-state index contributed by atoms with van der Waals surface area (Å²) < 4.78 is 4.73. The smallest absolute Gasteiger partial charge is 0.337 e. The minimum Gasteiger partial charge on any atom is -0.465 e. The highest BCUT2D eigenvalue weighted by atomic mass is 16.5. The molecule has 0 spiro atoms. The van der Waals surface area contributed by atoms with Crippen LogP contribution in [0.1, 0.15) is 67.3 Å². The number of methoxy groups -OCH3 is 1. The molecule has 5 rings (SSSR count). The first kappa shape index (κ1) is 20.9. The number of amides is 2. The molecule has 4 bridgehead atoms. The van der Waals surface area contributed by atoms with Gasteiger partial charge >= 0.3 is 5.97 Å². The number of hydrogen-bond donors (Lipinski definition) is 2. The normalized spacial score (nSPS) is 28.8. The molecule has 2 amide bonds. The van der Waals surface area contributed by atoms with E-state index in [9.17, 15) is 14.4 Å². The van der Waals surface area contributed by atoms with Crippen LogP contribution in [0.3, 0.4) is 0 Å². The van der Waals surface area contributed by atoms with Crippen molar-refractivity contribution in [1.29, 1.82) is 0 Å². The van der Waals surface area contributed by atoms with Gasteiger partial charge in [-0.15, -0.1) is 0 Å². The molecule has 0 saturated heterocycles. The van der Waals surface area contributed by atoms with Crippen molar-refractivity contribution in [2.45, 2.75) is 58.3 Å². The third-order valence-corrected chi connectivity index (χ3v) is 7.32. The molecule has 0 heterocycles. The molecule has 0 aliphatic heterocycles. The quantitative estimate of drug-likeness (QED) is 0.526. The van der Waals surface area contributed by atoms with E-state index in [1.165, 1.54) is 26.4 Å². The van der Waals surface area contributed by atoms with E-state index in [1.807, 2.05) is 6.92 Å². The number of aryl methyl sites for hydroxylation is 1. The maximum atomic E-state index is 13.0. The topological polar surface area (TPSA) is 84.5 Å². The lowest BCUT2D eigenvalue weighted by Gasteiger charge is -2.55. The Kier molecular flexibility index (Phi) is 5.85. The predicted molar refractivity (Wildman–Crippen MR) is 114 cm³/mol. The van der Waals surface area contributed by atoms with Crippen molar-refractivity contribution < 1.29 is 19.1 Å². The highest BCUT2D eigenvalue weighted by molar-refractivity contribution is 5.95. The van der Waals surface area contributed by atoms with Crippen molar-refractivity contribution in [3.05, 3.63) is 29.3 Å². The highest BCUT2D eigenvalue weighted by Gasteiger charge is 2.54. The zero-order valence-corrected chi connectivity index (χ0v) is 18.0. The Bertz CT molecular complexity index is 812. The summed E-state index contributed by atoms with van der Waals surface area (Å²) in [7, 11) is 1.33. The minimum atomic E-state index is -0.433. The molecule has 6 heteroatoms. The molecule has 4 saturated carbocycles. The summed E-state index contributed by atoms with van der Waals surface area (Å²) in [5.41, 5.74) is 1.76. The van der Waals surface area contributed by atoms with Gasteiger partial charge in [0.2, 0.25) is 11.8 Å². The number of ether oxygens (including phenoxy) is 1. The molecule has 162 valence electrons. The molecule has 4 aliphatic rings. The van der Waals surface area contributed by atoms with Crippen LogP contribution >= 0.6 is 0 Å². The second-order valence-electron chi connectivity index (χ2n) is 9.63. The number of benzene rings is 1. The maximum absolute atomic E-state index is 13.0. The van der Waals surface area contributed by atoms with Crippen LogP contribution < -0.4 is 10.6 Å². The third kappa shape index (κ3) is 4.23. The highest BCUT2D eigenvalue weighted by Crippen LogP contribution is 2.60. The van der Waals surface area contributed by atoms with Gasteiger partial charge in [0.25, 0.3) is 0 Å². The summed E-state index contributed by atoms with van der Waals surface area (Å²) in [6, 6.07) is 5.10. The lowest BCUT2D eigenvalue weighted by molar-refractivity contribution is -0.146. The van der Waals surface area contributed by atoms with Gasteiger partial charge in [0.15, 0.2) is 0 Å². The van der Waals surface area contributed by atoms with Crippen molar-refractivity contribution >= 4 is 23.5 Å². The molecule has 1 aromatic carbocycles. The predicted octanol–water partition coefficient (Wildman–Crippen LogP) is 3.83. The fourth-order valence-corrected chi connectivity index (χ4v) is 6.24. The molecule has 0 aromatic heterocycles. The van der Waals surface area contributed by atoms with Crippen LogP contribution in [0.25, 0.3) is 0 Å². The average molecular weight is 413 g/mol. The molecule has 1 aromatic rings. The minimum absolute atomic E-state index is 0.121. The van der Waals surface area contributed by atoms with Gasteiger partial charge in [-0.2, -0.15) is 0 Å². The molecule has 2 N–H and O–H groups in total. The van der Waals surface area contributed by atoms with Gasteiger partial charge in [-0.3, -0.25) is 9.59 Å². The number of carbonyl (C=O) groups is 3. The summed E-state index contributed by atoms with van der Waals surface area (Å²) in [5.74, 6) is 1.90. The Labute approximate surface area is 178 Å². The Hall–Kier alpha value is -2.37. The van der Waals surface area contributed by atoms with Crippen molar-refractivity contribution in [2.24, 2.45) is 23.2 Å². The van der Waals surface area contributed by atoms with Crippen LogP contribution in [0.5, 0.6) is 0 Å². The molecule has 0 atom stereocenters. The second kappa shape index (κ2) is 8.40. The first-order chi connectivity index (χ1) is 14.4. The summed E-state index contributed by atoms with van der Waals surface area (Å²) in [5, 5.41) is 5.99. The maximum Gasteiger partial charge on any atom is 0.337 e. The van der Waals surface area contributed by atoms with Crippen LogP contribution in [0.2, 0.25) is 0 Å². The fraction of sp³-hybridized carbons (Fsp3) is 0.625. The molecule has 30 heavy (non-hydrogen) atoms. The number of carbonyl (C=O) groups excluding carboxylic acids is 3. The monoisotopic (exact) mass is 412 g/mol. The van der Waals surface area contributed by atoms with E-state index in [1.54, 1.807) is 18.2 Å². The van der Waals surface area contributed by atoms with Crippen LogP contribution in [-0.4, -0.2) is 31.4 Å². The molecule has 6 nitrogen and oxygen atoms in total. The van der Waals surface area contributed by atoms with E-state index >= 15 is 0 Å². The van der Waals surface area contributed by atoms with Gasteiger partial charge in [0.05, 0.1) is 12.7 Å². The van der Waals surface area contributed by atoms with Crippen LogP contribution in [0, 0.1) is 30.1 Å². The zero-order chi connectivity index (χ0) is 21.3. The number of esters is 1. The van der Waals surface area contributed by atoms with Gasteiger partial charge in [-0.05, 0) is 87.3 Å². The van der Waals surface area contributed by atoms with E-state index in [4.69, 9.17) is 4.74 Å². The lowest BCUT2D eigenvalue weighted by Crippen LogP contribution is -2.53. The summed E-state index contributed by atoms with van der Waals surface area (Å²) in [6.07, 6.45) is 8.06. The van der Waals surface area contributed by atoms with E-state index in [-0.39, 0.29) is 17.2 Å². The standard InChI is InChI=1S/C24H32N2O4/c1-15-5-6-19(22(28)30-2)11-20(15)26-21(27)4-3-7-25-23(29)24-12-16-8-17(13-24)10-18(9-16)14-24/h5-6,11,16-18H,3-4,7-10,12-14H2,1-2H3,(H,25,29)(H,26,27). The first-order valence-corrected chi connectivity index (χ1v) is 11.2. The molecular weight excluding hydrogens is 380 g/mol. The van der Waals surface area contributed by atoms with Crippen molar-refractivity contribution in [1.82, 2.24) is 5.32 Å². The van der Waals surface area contributed by atoms with Crippen molar-refractivity contribution in [2.75, 3.05) is 19.0 Å². The fourth-order valence-electron chi connectivity index (χ4n) is 6.24. The van der Waals surface area contributed by atoms with Gasteiger partial charge in [0, 0.05) is 24.1 Å². The average Bonchev–Trinajstić information content (AvgIpc) is 2.71. The Morgan fingerprint density at radius 3 is 2.30 bits per heavy atom. The van der Waals surface area contributed by atoms with Gasteiger partial charge in [-0.1, -0.05) is 6.07 Å². The number of nitrogens with one attached hydrogen (secondary N) is 2. The third-order valence-electron chi connectivity index (χ3n) is 7.32. The van der Waals surface area contributed by atoms with Crippen LogP contribution in [0.15, 0.2) is 18.2 Å². The zero-order valence-electron chi connectivity index (χ0n) is 18.0. The summed E-state index contributed by atoms with van der Waals surface area (Å²) in [4.78, 5) is 37.0. The Balaban J connectivity index is 1.24. The largest absolute Gasteiger partial charge is 0.465 e.